The molecule has 0 spiro atoms. The lowest BCUT2D eigenvalue weighted by molar-refractivity contribution is -0.122. The van der Waals surface area contributed by atoms with E-state index < -0.39 is 5.91 Å². The molecule has 0 atom stereocenters. The van der Waals surface area contributed by atoms with Crippen LogP contribution in [0.3, 0.4) is 0 Å². The van der Waals surface area contributed by atoms with E-state index in [4.69, 9.17) is 9.47 Å². The van der Waals surface area contributed by atoms with Gasteiger partial charge < -0.3 is 9.47 Å². The van der Waals surface area contributed by atoms with Crippen molar-refractivity contribution in [1.82, 2.24) is 10.9 Å². The number of hydrogen-bond acceptors (Lipinski definition) is 4. The lowest BCUT2D eigenvalue weighted by Gasteiger charge is -2.10. The molecular weight excluding hydrogens is 380 g/mol. The fraction of sp³-hybridized carbons (Fsp3) is 0.167. The molecule has 3 aromatic carbocycles. The Balaban J connectivity index is 1.37. The van der Waals surface area contributed by atoms with E-state index in [1.807, 2.05) is 73.7 Å². The van der Waals surface area contributed by atoms with Crippen molar-refractivity contribution in [2.24, 2.45) is 0 Å². The average Bonchev–Trinajstić information content (AvgIpc) is 2.78. The monoisotopic (exact) mass is 404 g/mol. The molecule has 0 fully saturated rings. The molecule has 0 aliphatic rings. The summed E-state index contributed by atoms with van der Waals surface area (Å²) < 4.78 is 11.2. The lowest BCUT2D eigenvalue weighted by Crippen LogP contribution is -2.42. The molecule has 154 valence electrons. The van der Waals surface area contributed by atoms with E-state index in [2.05, 4.69) is 10.9 Å². The summed E-state index contributed by atoms with van der Waals surface area (Å²) >= 11 is 0. The molecule has 0 bridgehead atoms. The van der Waals surface area contributed by atoms with Crippen molar-refractivity contribution in [2.75, 3.05) is 6.61 Å². The standard InChI is InChI=1S/C24H24N2O4/c1-18-7-13-22(14-8-18)29-16-15-23(27)25-26-24(28)20-11-9-19(10-12-20)17-30-21-5-3-2-4-6-21/h2-14H,15-17H2,1H3,(H,25,27)(H,26,28). The highest BCUT2D eigenvalue weighted by molar-refractivity contribution is 5.95. The number of nitrogens with one attached hydrogen (secondary N) is 2. The molecule has 2 amide bonds. The highest BCUT2D eigenvalue weighted by atomic mass is 16.5. The second kappa shape index (κ2) is 10.7. The zero-order chi connectivity index (χ0) is 21.2. The summed E-state index contributed by atoms with van der Waals surface area (Å²) in [4.78, 5) is 24.1. The highest BCUT2D eigenvalue weighted by Gasteiger charge is 2.08. The van der Waals surface area contributed by atoms with Crippen molar-refractivity contribution in [3.8, 4) is 11.5 Å². The normalized spacial score (nSPS) is 10.2. The maximum Gasteiger partial charge on any atom is 0.269 e. The van der Waals surface area contributed by atoms with Gasteiger partial charge in [0.25, 0.3) is 5.91 Å². The van der Waals surface area contributed by atoms with E-state index in [-0.39, 0.29) is 18.9 Å². The molecule has 0 aliphatic carbocycles. The van der Waals surface area contributed by atoms with Crippen LogP contribution in [0.25, 0.3) is 0 Å². The number of aryl methyl sites for hydroxylation is 1. The number of carbonyl (C=O) groups excluding carboxylic acids is 2. The quantitative estimate of drug-likeness (QED) is 0.560. The Morgan fingerprint density at radius 1 is 0.767 bits per heavy atom. The van der Waals surface area contributed by atoms with Crippen LogP contribution < -0.4 is 20.3 Å². The van der Waals surface area contributed by atoms with Crippen molar-refractivity contribution < 1.29 is 19.1 Å². The maximum absolute atomic E-state index is 12.2. The van der Waals surface area contributed by atoms with Crippen LogP contribution in [0.5, 0.6) is 11.5 Å². The van der Waals surface area contributed by atoms with Crippen LogP contribution in [0.15, 0.2) is 78.9 Å². The third kappa shape index (κ3) is 6.67. The zero-order valence-electron chi connectivity index (χ0n) is 16.8. The molecule has 0 saturated carbocycles. The van der Waals surface area contributed by atoms with Crippen molar-refractivity contribution in [3.63, 3.8) is 0 Å². The first-order chi connectivity index (χ1) is 14.6. The molecule has 2 N–H and O–H groups in total. The second-order valence-corrected chi connectivity index (χ2v) is 6.71. The summed E-state index contributed by atoms with van der Waals surface area (Å²) in [5, 5.41) is 0. The predicted molar refractivity (Wildman–Crippen MR) is 114 cm³/mol. The summed E-state index contributed by atoms with van der Waals surface area (Å²) in [5.74, 6) is 0.767. The van der Waals surface area contributed by atoms with Crippen LogP contribution in [0.1, 0.15) is 27.9 Å². The Morgan fingerprint density at radius 2 is 1.43 bits per heavy atom. The summed E-state index contributed by atoms with van der Waals surface area (Å²) in [7, 11) is 0. The lowest BCUT2D eigenvalue weighted by atomic mass is 10.1. The Morgan fingerprint density at radius 3 is 2.13 bits per heavy atom. The van der Waals surface area contributed by atoms with Crippen LogP contribution in [0.4, 0.5) is 0 Å². The molecule has 0 saturated heterocycles. The first kappa shape index (κ1) is 20.9. The zero-order valence-corrected chi connectivity index (χ0v) is 16.8. The third-order valence-corrected chi connectivity index (χ3v) is 4.30. The van der Waals surface area contributed by atoms with E-state index >= 15 is 0 Å². The second-order valence-electron chi connectivity index (χ2n) is 6.71. The number of ether oxygens (including phenoxy) is 2. The van der Waals surface area contributed by atoms with Crippen molar-refractivity contribution >= 4 is 11.8 Å². The van der Waals surface area contributed by atoms with Gasteiger partial charge in [0, 0.05) is 5.56 Å². The smallest absolute Gasteiger partial charge is 0.269 e. The molecule has 6 nitrogen and oxygen atoms in total. The minimum absolute atomic E-state index is 0.129. The molecule has 0 aliphatic heterocycles. The average molecular weight is 404 g/mol. The van der Waals surface area contributed by atoms with Gasteiger partial charge >= 0.3 is 0 Å². The van der Waals surface area contributed by atoms with Gasteiger partial charge in [-0.3, -0.25) is 20.4 Å². The van der Waals surface area contributed by atoms with Crippen LogP contribution in [-0.4, -0.2) is 18.4 Å². The Kier molecular flexibility index (Phi) is 7.44. The van der Waals surface area contributed by atoms with Gasteiger partial charge in [-0.15, -0.1) is 0 Å². The SMILES string of the molecule is Cc1ccc(OCCC(=O)NNC(=O)c2ccc(COc3ccccc3)cc2)cc1. The summed E-state index contributed by atoms with van der Waals surface area (Å²) in [5.41, 5.74) is 7.32. The largest absolute Gasteiger partial charge is 0.493 e. The highest BCUT2D eigenvalue weighted by Crippen LogP contribution is 2.13. The van der Waals surface area contributed by atoms with Crippen LogP contribution in [-0.2, 0) is 11.4 Å². The molecule has 0 heterocycles. The minimum atomic E-state index is -0.390. The van der Waals surface area contributed by atoms with Gasteiger partial charge in [0.05, 0.1) is 13.0 Å². The van der Waals surface area contributed by atoms with E-state index in [9.17, 15) is 9.59 Å². The van der Waals surface area contributed by atoms with Crippen LogP contribution >= 0.6 is 0 Å². The first-order valence-corrected chi connectivity index (χ1v) is 9.65. The number of para-hydroxylation sites is 1. The molecule has 0 radical (unpaired) electrons. The fourth-order valence-corrected chi connectivity index (χ4v) is 2.59. The van der Waals surface area contributed by atoms with E-state index in [0.29, 0.717) is 17.9 Å². The molecule has 30 heavy (non-hydrogen) atoms. The van der Waals surface area contributed by atoms with Crippen molar-refractivity contribution in [2.45, 2.75) is 20.0 Å². The fourth-order valence-electron chi connectivity index (χ4n) is 2.59. The number of hydrazine groups is 1. The van der Waals surface area contributed by atoms with Crippen molar-refractivity contribution in [1.29, 1.82) is 0 Å². The predicted octanol–water partition coefficient (Wildman–Crippen LogP) is 3.80. The number of rotatable bonds is 8. The van der Waals surface area contributed by atoms with E-state index in [0.717, 1.165) is 16.9 Å². The van der Waals surface area contributed by atoms with E-state index in [1.54, 1.807) is 12.1 Å². The topological polar surface area (TPSA) is 76.7 Å². The Hall–Kier alpha value is -3.80. The summed E-state index contributed by atoms with van der Waals surface area (Å²) in [6.45, 7) is 2.62. The Labute approximate surface area is 175 Å². The van der Waals surface area contributed by atoms with Gasteiger partial charge in [0.15, 0.2) is 0 Å². The molecule has 3 aromatic rings. The maximum atomic E-state index is 12.2. The molecule has 3 rings (SSSR count). The van der Waals surface area contributed by atoms with Gasteiger partial charge in [-0.1, -0.05) is 48.0 Å². The van der Waals surface area contributed by atoms with Crippen LogP contribution in [0.2, 0.25) is 0 Å². The van der Waals surface area contributed by atoms with Crippen LogP contribution in [0, 0.1) is 6.92 Å². The molecule has 0 aromatic heterocycles. The Bertz CT molecular complexity index is 955. The van der Waals surface area contributed by atoms with Gasteiger partial charge in [-0.25, -0.2) is 0 Å². The minimum Gasteiger partial charge on any atom is -0.493 e. The number of benzene rings is 3. The van der Waals surface area contributed by atoms with Gasteiger partial charge in [-0.2, -0.15) is 0 Å². The number of amides is 2. The summed E-state index contributed by atoms with van der Waals surface area (Å²) in [6.07, 6.45) is 0.129. The molecular formula is C24H24N2O4. The third-order valence-electron chi connectivity index (χ3n) is 4.30. The molecule has 6 heteroatoms. The number of carbonyl (C=O) groups is 2. The van der Waals surface area contributed by atoms with Gasteiger partial charge in [0.2, 0.25) is 5.91 Å². The van der Waals surface area contributed by atoms with E-state index in [1.165, 1.54) is 0 Å². The van der Waals surface area contributed by atoms with Gasteiger partial charge in [0.1, 0.15) is 18.1 Å². The molecule has 0 unspecified atom stereocenters. The number of hydrogen-bond donors (Lipinski definition) is 2. The van der Waals surface area contributed by atoms with Crippen molar-refractivity contribution in [3.05, 3.63) is 95.6 Å². The first-order valence-electron chi connectivity index (χ1n) is 9.65. The van der Waals surface area contributed by atoms with Gasteiger partial charge in [-0.05, 0) is 48.9 Å². The summed E-state index contributed by atoms with van der Waals surface area (Å²) in [6, 6.07) is 24.1.